The maximum absolute atomic E-state index is 12.0. The van der Waals surface area contributed by atoms with Crippen LogP contribution in [0.25, 0.3) is 11.1 Å². The lowest BCUT2D eigenvalue weighted by Crippen LogP contribution is -2.19. The number of thioether (sulfide) groups is 1. The molecule has 0 atom stereocenters. The van der Waals surface area contributed by atoms with E-state index in [-0.39, 0.29) is 24.6 Å². The van der Waals surface area contributed by atoms with Crippen LogP contribution in [-0.2, 0) is 4.79 Å². The molecule has 4 aromatic rings. The highest BCUT2D eigenvalue weighted by Crippen LogP contribution is 2.24. The molecule has 0 saturated heterocycles. The molecule has 0 spiro atoms. The second-order valence-electron chi connectivity index (χ2n) is 7.77. The SMILES string of the molecule is O=C(COc1ccc(OCCCCSc2nc3ccccc3o2)cc1)COc1ccc(C(=O)O)cc1. The van der Waals surface area contributed by atoms with Crippen LogP contribution in [0.5, 0.6) is 17.2 Å². The van der Waals surface area contributed by atoms with Gasteiger partial charge in [-0.1, -0.05) is 23.9 Å². The van der Waals surface area contributed by atoms with Crippen molar-refractivity contribution in [2.75, 3.05) is 25.6 Å². The highest BCUT2D eigenvalue weighted by Gasteiger charge is 2.08. The molecular formula is C27H25NO7S. The van der Waals surface area contributed by atoms with Gasteiger partial charge in [-0.15, -0.1) is 0 Å². The number of Topliss-reactive ketones (excluding diaryl/α,β-unsaturated/α-hetero) is 1. The Morgan fingerprint density at radius 1 is 0.806 bits per heavy atom. The first-order valence-electron chi connectivity index (χ1n) is 11.4. The number of unbranched alkanes of at least 4 members (excludes halogenated alkanes) is 1. The zero-order valence-corrected chi connectivity index (χ0v) is 20.2. The van der Waals surface area contributed by atoms with Gasteiger partial charge in [0.05, 0.1) is 12.2 Å². The molecule has 0 radical (unpaired) electrons. The number of para-hydroxylation sites is 2. The van der Waals surface area contributed by atoms with Crippen molar-refractivity contribution in [3.8, 4) is 17.2 Å². The summed E-state index contributed by atoms with van der Waals surface area (Å²) in [6.45, 7) is 0.293. The Balaban J connectivity index is 1.08. The Labute approximate surface area is 212 Å². The van der Waals surface area contributed by atoms with E-state index >= 15 is 0 Å². The third kappa shape index (κ3) is 7.51. The fraction of sp³-hybridized carbons (Fsp3) is 0.222. The standard InChI is InChI=1S/C27H25NO7S/c29-20(17-33-22-9-7-19(8-10-22)26(30)31)18-34-23-13-11-21(12-14-23)32-15-3-4-16-36-27-28-24-5-1-2-6-25(24)35-27/h1-2,5-14H,3-4,15-18H2,(H,30,31). The van der Waals surface area contributed by atoms with Crippen LogP contribution in [-0.4, -0.2) is 47.4 Å². The third-order valence-electron chi connectivity index (χ3n) is 5.03. The van der Waals surface area contributed by atoms with Gasteiger partial charge in [-0.2, -0.15) is 0 Å². The number of ketones is 1. The van der Waals surface area contributed by atoms with Gasteiger partial charge in [-0.3, -0.25) is 4.79 Å². The molecule has 9 heteroatoms. The summed E-state index contributed by atoms with van der Waals surface area (Å²) in [5.74, 6) is 1.33. The molecule has 0 aliphatic rings. The Kier molecular flexibility index (Phi) is 8.82. The van der Waals surface area contributed by atoms with E-state index in [1.54, 1.807) is 36.0 Å². The molecule has 1 heterocycles. The summed E-state index contributed by atoms with van der Waals surface area (Å²) in [5.41, 5.74) is 1.83. The number of rotatable bonds is 14. The van der Waals surface area contributed by atoms with Gasteiger partial charge in [0.25, 0.3) is 5.22 Å². The number of ether oxygens (including phenoxy) is 3. The average molecular weight is 508 g/mol. The van der Waals surface area contributed by atoms with E-state index in [1.165, 1.54) is 24.3 Å². The van der Waals surface area contributed by atoms with Crippen LogP contribution in [0, 0.1) is 0 Å². The fourth-order valence-corrected chi connectivity index (χ4v) is 4.00. The zero-order valence-electron chi connectivity index (χ0n) is 19.4. The number of aromatic carboxylic acids is 1. The predicted octanol–water partition coefficient (Wildman–Crippen LogP) is 5.50. The highest BCUT2D eigenvalue weighted by atomic mass is 32.2. The van der Waals surface area contributed by atoms with Crippen molar-refractivity contribution in [1.82, 2.24) is 4.98 Å². The Morgan fingerprint density at radius 3 is 2.06 bits per heavy atom. The summed E-state index contributed by atoms with van der Waals surface area (Å²) >= 11 is 1.60. The highest BCUT2D eigenvalue weighted by molar-refractivity contribution is 7.99. The zero-order chi connectivity index (χ0) is 25.2. The lowest BCUT2D eigenvalue weighted by Gasteiger charge is -2.09. The second-order valence-corrected chi connectivity index (χ2v) is 8.81. The van der Waals surface area contributed by atoms with E-state index in [9.17, 15) is 9.59 Å². The molecule has 0 unspecified atom stereocenters. The number of aromatic nitrogens is 1. The van der Waals surface area contributed by atoms with Crippen molar-refractivity contribution in [3.05, 3.63) is 78.4 Å². The normalized spacial score (nSPS) is 10.8. The molecule has 1 N–H and O–H groups in total. The summed E-state index contributed by atoms with van der Waals surface area (Å²) in [7, 11) is 0. The van der Waals surface area contributed by atoms with Crippen molar-refractivity contribution in [2.24, 2.45) is 0 Å². The number of carbonyl (C=O) groups is 2. The first kappa shape index (κ1) is 25.1. The quantitative estimate of drug-likeness (QED) is 0.175. The summed E-state index contributed by atoms with van der Waals surface area (Å²) in [5, 5.41) is 9.58. The number of oxazole rings is 1. The first-order valence-corrected chi connectivity index (χ1v) is 12.4. The van der Waals surface area contributed by atoms with Gasteiger partial charge in [-0.25, -0.2) is 9.78 Å². The minimum Gasteiger partial charge on any atom is -0.494 e. The number of carbonyl (C=O) groups excluding carboxylic acids is 1. The molecule has 0 aliphatic carbocycles. The molecule has 0 amide bonds. The van der Waals surface area contributed by atoms with Crippen LogP contribution in [0.2, 0.25) is 0 Å². The van der Waals surface area contributed by atoms with E-state index < -0.39 is 5.97 Å². The van der Waals surface area contributed by atoms with Crippen molar-refractivity contribution >= 4 is 34.6 Å². The second kappa shape index (κ2) is 12.6. The van der Waals surface area contributed by atoms with E-state index in [0.717, 1.165) is 35.4 Å². The number of hydrogen-bond donors (Lipinski definition) is 1. The Bertz CT molecular complexity index is 1250. The van der Waals surface area contributed by atoms with Crippen molar-refractivity contribution in [1.29, 1.82) is 0 Å². The van der Waals surface area contributed by atoms with E-state index in [1.807, 2.05) is 24.3 Å². The molecule has 1 aromatic heterocycles. The summed E-state index contributed by atoms with van der Waals surface area (Å²) in [4.78, 5) is 27.3. The van der Waals surface area contributed by atoms with Gasteiger partial charge in [0.1, 0.15) is 36.0 Å². The van der Waals surface area contributed by atoms with Crippen molar-refractivity contribution in [3.63, 3.8) is 0 Å². The number of carboxylic acids is 1. The number of nitrogens with zero attached hydrogens (tertiary/aromatic N) is 1. The molecule has 0 aliphatic heterocycles. The fourth-order valence-electron chi connectivity index (χ4n) is 3.16. The van der Waals surface area contributed by atoms with Crippen molar-refractivity contribution < 1.29 is 33.3 Å². The largest absolute Gasteiger partial charge is 0.494 e. The monoisotopic (exact) mass is 507 g/mol. The lowest BCUT2D eigenvalue weighted by atomic mass is 10.2. The smallest absolute Gasteiger partial charge is 0.335 e. The predicted molar refractivity (Wildman–Crippen MR) is 135 cm³/mol. The Morgan fingerprint density at radius 2 is 1.42 bits per heavy atom. The molecule has 0 fully saturated rings. The molecule has 36 heavy (non-hydrogen) atoms. The molecular weight excluding hydrogens is 482 g/mol. The van der Waals surface area contributed by atoms with E-state index in [2.05, 4.69) is 4.98 Å². The average Bonchev–Trinajstić information content (AvgIpc) is 3.32. The maximum atomic E-state index is 12.0. The lowest BCUT2D eigenvalue weighted by molar-refractivity contribution is -0.123. The van der Waals surface area contributed by atoms with Gasteiger partial charge in [0, 0.05) is 5.75 Å². The van der Waals surface area contributed by atoms with Gasteiger partial charge in [-0.05, 0) is 73.5 Å². The van der Waals surface area contributed by atoms with Crippen LogP contribution in [0.3, 0.4) is 0 Å². The van der Waals surface area contributed by atoms with Gasteiger partial charge >= 0.3 is 5.97 Å². The summed E-state index contributed by atoms with van der Waals surface area (Å²) < 4.78 is 22.3. The van der Waals surface area contributed by atoms with E-state index in [0.29, 0.717) is 23.3 Å². The Hall–Kier alpha value is -3.98. The molecule has 0 bridgehead atoms. The van der Waals surface area contributed by atoms with Crippen LogP contribution in [0.1, 0.15) is 23.2 Å². The summed E-state index contributed by atoms with van der Waals surface area (Å²) in [6.07, 6.45) is 1.87. The third-order valence-corrected chi connectivity index (χ3v) is 5.95. The van der Waals surface area contributed by atoms with Crippen LogP contribution in [0.4, 0.5) is 0 Å². The van der Waals surface area contributed by atoms with Crippen molar-refractivity contribution in [2.45, 2.75) is 18.1 Å². The van der Waals surface area contributed by atoms with E-state index in [4.69, 9.17) is 23.7 Å². The molecule has 3 aromatic carbocycles. The number of benzene rings is 3. The maximum Gasteiger partial charge on any atom is 0.335 e. The number of carboxylic acid groups (broad SMARTS) is 1. The van der Waals surface area contributed by atoms with Crippen LogP contribution >= 0.6 is 11.8 Å². The van der Waals surface area contributed by atoms with Crippen LogP contribution in [0.15, 0.2) is 82.4 Å². The van der Waals surface area contributed by atoms with Crippen LogP contribution < -0.4 is 14.2 Å². The minimum atomic E-state index is -1.02. The van der Waals surface area contributed by atoms with Gasteiger partial charge in [0.2, 0.25) is 5.78 Å². The molecule has 0 saturated carbocycles. The number of fused-ring (bicyclic) bond motifs is 1. The molecule has 4 rings (SSSR count). The van der Waals surface area contributed by atoms with Gasteiger partial charge in [0.15, 0.2) is 5.58 Å². The topological polar surface area (TPSA) is 108 Å². The number of hydrogen-bond acceptors (Lipinski definition) is 8. The molecule has 186 valence electrons. The minimum absolute atomic E-state index is 0.134. The summed E-state index contributed by atoms with van der Waals surface area (Å²) in [6, 6.07) is 20.7. The molecule has 8 nitrogen and oxygen atoms in total. The van der Waals surface area contributed by atoms with Gasteiger partial charge < -0.3 is 23.7 Å². The first-order chi connectivity index (χ1) is 17.6.